The Kier molecular flexibility index (Phi) is 6.00. The molecule has 1 unspecified atom stereocenters. The molecule has 0 saturated heterocycles. The molecule has 0 aliphatic heterocycles. The number of nitro groups is 1. The zero-order chi connectivity index (χ0) is 17.7. The third-order valence-corrected chi connectivity index (χ3v) is 4.08. The monoisotopic (exact) mass is 349 g/mol. The number of rotatable bonds is 7. The topological polar surface area (TPSA) is 67.6 Å². The molecule has 24 heavy (non-hydrogen) atoms. The number of benzene rings is 2. The lowest BCUT2D eigenvalue weighted by atomic mass is 10.0. The van der Waals surface area contributed by atoms with E-state index in [4.69, 9.17) is 16.3 Å². The number of hydrogen-bond acceptors (Lipinski definition) is 5. The van der Waals surface area contributed by atoms with E-state index in [-0.39, 0.29) is 11.7 Å². The van der Waals surface area contributed by atoms with E-state index in [1.165, 1.54) is 12.1 Å². The Morgan fingerprint density at radius 1 is 1.29 bits per heavy atom. The highest BCUT2D eigenvalue weighted by molar-refractivity contribution is 6.33. The van der Waals surface area contributed by atoms with Crippen molar-refractivity contribution in [1.82, 2.24) is 4.90 Å². The van der Waals surface area contributed by atoms with Gasteiger partial charge in [0.15, 0.2) is 0 Å². The minimum atomic E-state index is -0.465. The van der Waals surface area contributed by atoms with E-state index in [1.807, 2.05) is 38.4 Å². The molecule has 0 aromatic heterocycles. The molecule has 0 spiro atoms. The maximum Gasteiger partial charge on any atom is 0.271 e. The fourth-order valence-electron chi connectivity index (χ4n) is 2.48. The summed E-state index contributed by atoms with van der Waals surface area (Å²) >= 11 is 6.14. The first kappa shape index (κ1) is 18.0. The van der Waals surface area contributed by atoms with Gasteiger partial charge in [-0.25, -0.2) is 0 Å². The van der Waals surface area contributed by atoms with Gasteiger partial charge in [-0.3, -0.25) is 10.1 Å². The van der Waals surface area contributed by atoms with Crippen LogP contribution in [0.1, 0.15) is 11.6 Å². The van der Waals surface area contributed by atoms with Crippen LogP contribution in [-0.4, -0.2) is 37.6 Å². The summed E-state index contributed by atoms with van der Waals surface area (Å²) < 4.78 is 5.44. The molecule has 128 valence electrons. The van der Waals surface area contributed by atoms with Gasteiger partial charge < -0.3 is 15.0 Å². The smallest absolute Gasteiger partial charge is 0.271 e. The minimum Gasteiger partial charge on any atom is -0.496 e. The predicted octanol–water partition coefficient (Wildman–Crippen LogP) is 3.97. The molecule has 7 heteroatoms. The van der Waals surface area contributed by atoms with E-state index >= 15 is 0 Å². The summed E-state index contributed by atoms with van der Waals surface area (Å²) in [6.07, 6.45) is 0. The fraction of sp³-hybridized carbons (Fsp3) is 0.294. The van der Waals surface area contributed by atoms with E-state index in [9.17, 15) is 10.1 Å². The summed E-state index contributed by atoms with van der Waals surface area (Å²) in [6, 6.07) is 12.3. The lowest BCUT2D eigenvalue weighted by Gasteiger charge is -2.27. The first-order valence-electron chi connectivity index (χ1n) is 7.41. The number of halogens is 1. The van der Waals surface area contributed by atoms with Crippen molar-refractivity contribution in [1.29, 1.82) is 0 Å². The molecule has 0 radical (unpaired) electrons. The van der Waals surface area contributed by atoms with Crippen molar-refractivity contribution in [3.05, 3.63) is 63.2 Å². The van der Waals surface area contributed by atoms with Gasteiger partial charge in [-0.2, -0.15) is 0 Å². The van der Waals surface area contributed by atoms with Gasteiger partial charge in [0.2, 0.25) is 0 Å². The number of hydrogen-bond donors (Lipinski definition) is 1. The van der Waals surface area contributed by atoms with Crippen molar-refractivity contribution in [3.63, 3.8) is 0 Å². The first-order chi connectivity index (χ1) is 11.4. The van der Waals surface area contributed by atoms with Crippen LogP contribution in [0.15, 0.2) is 42.5 Å². The normalized spacial score (nSPS) is 12.0. The van der Waals surface area contributed by atoms with E-state index < -0.39 is 4.92 Å². The summed E-state index contributed by atoms with van der Waals surface area (Å²) in [7, 11) is 5.61. The highest BCUT2D eigenvalue weighted by atomic mass is 35.5. The Balaban J connectivity index is 2.19. The van der Waals surface area contributed by atoms with Gasteiger partial charge >= 0.3 is 0 Å². The van der Waals surface area contributed by atoms with Crippen molar-refractivity contribution in [3.8, 4) is 5.75 Å². The summed E-state index contributed by atoms with van der Waals surface area (Å²) in [4.78, 5) is 12.4. The maximum absolute atomic E-state index is 10.8. The van der Waals surface area contributed by atoms with Gasteiger partial charge in [-0.15, -0.1) is 0 Å². The number of non-ortho nitro benzene ring substituents is 1. The number of anilines is 1. The molecule has 6 nitrogen and oxygen atoms in total. The second kappa shape index (κ2) is 7.99. The number of nitrogens with one attached hydrogen (secondary N) is 1. The van der Waals surface area contributed by atoms with Crippen molar-refractivity contribution in [2.75, 3.05) is 33.1 Å². The number of methoxy groups -OCH3 is 1. The average Bonchev–Trinajstić information content (AvgIpc) is 2.56. The van der Waals surface area contributed by atoms with Crippen LogP contribution < -0.4 is 10.1 Å². The second-order valence-electron chi connectivity index (χ2n) is 5.52. The molecule has 1 N–H and O–H groups in total. The van der Waals surface area contributed by atoms with Crippen LogP contribution in [0.4, 0.5) is 11.4 Å². The van der Waals surface area contributed by atoms with Gasteiger partial charge in [-0.05, 0) is 26.2 Å². The molecule has 1 atom stereocenters. The van der Waals surface area contributed by atoms with Gasteiger partial charge in [-0.1, -0.05) is 29.8 Å². The van der Waals surface area contributed by atoms with Crippen LogP contribution in [0.25, 0.3) is 0 Å². The van der Waals surface area contributed by atoms with E-state index in [0.717, 1.165) is 11.3 Å². The largest absolute Gasteiger partial charge is 0.496 e. The van der Waals surface area contributed by atoms with Crippen LogP contribution in [0, 0.1) is 10.1 Å². The third kappa shape index (κ3) is 4.15. The number of ether oxygens (including phenoxy) is 1. The van der Waals surface area contributed by atoms with Crippen LogP contribution in [0.2, 0.25) is 5.02 Å². The maximum atomic E-state index is 10.8. The molecule has 0 fully saturated rings. The predicted molar refractivity (Wildman–Crippen MR) is 96.0 cm³/mol. The molecule has 0 aliphatic rings. The van der Waals surface area contributed by atoms with Crippen LogP contribution in [0.3, 0.4) is 0 Å². The Hall–Kier alpha value is -2.31. The third-order valence-electron chi connectivity index (χ3n) is 3.77. The lowest BCUT2D eigenvalue weighted by molar-refractivity contribution is -0.384. The molecule has 2 aromatic rings. The van der Waals surface area contributed by atoms with Crippen molar-refractivity contribution in [2.24, 2.45) is 0 Å². The number of para-hydroxylation sites is 1. The Labute approximate surface area is 146 Å². The summed E-state index contributed by atoms with van der Waals surface area (Å²) in [6.45, 7) is 0.574. The quantitative estimate of drug-likeness (QED) is 0.605. The SMILES string of the molecule is COc1ccccc1C(CNc1ccc([N+](=O)[O-])cc1Cl)N(C)C. The fourth-order valence-corrected chi connectivity index (χ4v) is 2.72. The van der Waals surface area contributed by atoms with Crippen molar-refractivity contribution in [2.45, 2.75) is 6.04 Å². The molecule has 0 saturated carbocycles. The zero-order valence-electron chi connectivity index (χ0n) is 13.8. The second-order valence-corrected chi connectivity index (χ2v) is 5.93. The van der Waals surface area contributed by atoms with E-state index in [1.54, 1.807) is 13.2 Å². The zero-order valence-corrected chi connectivity index (χ0v) is 14.6. The number of nitrogens with zero attached hydrogens (tertiary/aromatic N) is 2. The van der Waals surface area contributed by atoms with Crippen LogP contribution in [-0.2, 0) is 0 Å². The molecule has 2 rings (SSSR count). The molecular weight excluding hydrogens is 330 g/mol. The highest BCUT2D eigenvalue weighted by Crippen LogP contribution is 2.30. The molecule has 0 amide bonds. The lowest BCUT2D eigenvalue weighted by Crippen LogP contribution is -2.27. The summed E-state index contributed by atoms with van der Waals surface area (Å²) in [5.41, 5.74) is 1.68. The highest BCUT2D eigenvalue weighted by Gasteiger charge is 2.19. The van der Waals surface area contributed by atoms with Gasteiger partial charge in [0.05, 0.1) is 28.8 Å². The first-order valence-corrected chi connectivity index (χ1v) is 7.79. The van der Waals surface area contributed by atoms with Gasteiger partial charge in [0.1, 0.15) is 5.75 Å². The van der Waals surface area contributed by atoms with Crippen LogP contribution in [0.5, 0.6) is 5.75 Å². The van der Waals surface area contributed by atoms with Gasteiger partial charge in [0, 0.05) is 24.2 Å². The van der Waals surface area contributed by atoms with E-state index in [0.29, 0.717) is 17.3 Å². The van der Waals surface area contributed by atoms with Crippen molar-refractivity contribution < 1.29 is 9.66 Å². The standard InChI is InChI=1S/C17H20ClN3O3/c1-20(2)16(13-6-4-5-7-17(13)24-3)11-19-15-9-8-12(21(22)23)10-14(15)18/h4-10,16,19H,11H2,1-3H3. The Morgan fingerprint density at radius 2 is 2.00 bits per heavy atom. The molecule has 0 aliphatic carbocycles. The molecule has 0 bridgehead atoms. The average molecular weight is 350 g/mol. The minimum absolute atomic E-state index is 0.0283. The Bertz CT molecular complexity index is 722. The van der Waals surface area contributed by atoms with Crippen LogP contribution >= 0.6 is 11.6 Å². The van der Waals surface area contributed by atoms with Crippen molar-refractivity contribution >= 4 is 23.0 Å². The number of likely N-dealkylation sites (N-methyl/N-ethyl adjacent to an activating group) is 1. The summed E-state index contributed by atoms with van der Waals surface area (Å²) in [5, 5.41) is 14.4. The van der Waals surface area contributed by atoms with Gasteiger partial charge in [0.25, 0.3) is 5.69 Å². The molecule has 0 heterocycles. The molecule has 2 aromatic carbocycles. The molecular formula is C17H20ClN3O3. The Morgan fingerprint density at radius 3 is 2.58 bits per heavy atom. The van der Waals surface area contributed by atoms with E-state index in [2.05, 4.69) is 10.2 Å². The summed E-state index contributed by atoms with van der Waals surface area (Å²) in [5.74, 6) is 0.813. The number of nitro benzene ring substituents is 1.